The monoisotopic (exact) mass is 326 g/mol. The highest BCUT2D eigenvalue weighted by Gasteiger charge is 2.29. The summed E-state index contributed by atoms with van der Waals surface area (Å²) in [5.41, 5.74) is 0.809. The van der Waals surface area contributed by atoms with Crippen LogP contribution in [-0.4, -0.2) is 34.5 Å². The Labute approximate surface area is 131 Å². The number of rotatable bonds is 6. The molecule has 2 rings (SSSR count). The van der Waals surface area contributed by atoms with Crippen molar-refractivity contribution in [1.29, 1.82) is 0 Å². The summed E-state index contributed by atoms with van der Waals surface area (Å²) in [6, 6.07) is 7.95. The van der Waals surface area contributed by atoms with Crippen LogP contribution in [0, 0.1) is 0 Å². The fraction of sp³-hybridized carbons (Fsp3) is 0.357. The molecule has 1 aromatic carbocycles. The highest BCUT2D eigenvalue weighted by Crippen LogP contribution is 2.17. The number of carbonyl (C=O) groups excluding carboxylic acids is 1. The van der Waals surface area contributed by atoms with Gasteiger partial charge in [-0.15, -0.1) is 0 Å². The van der Waals surface area contributed by atoms with E-state index >= 15 is 0 Å². The predicted molar refractivity (Wildman–Crippen MR) is 78.6 cm³/mol. The van der Waals surface area contributed by atoms with E-state index in [1.165, 1.54) is 0 Å². The summed E-state index contributed by atoms with van der Waals surface area (Å²) in [5, 5.41) is 15.2. The van der Waals surface area contributed by atoms with Crippen LogP contribution in [0.15, 0.2) is 35.5 Å². The van der Waals surface area contributed by atoms with Crippen molar-refractivity contribution in [2.45, 2.75) is 31.6 Å². The molecule has 0 aromatic heterocycles. The van der Waals surface area contributed by atoms with Crippen molar-refractivity contribution >= 4 is 28.8 Å². The van der Waals surface area contributed by atoms with E-state index in [0.29, 0.717) is 6.42 Å². The fourth-order valence-electron chi connectivity index (χ4n) is 1.91. The number of hydrogen-bond donors (Lipinski definition) is 2. The minimum Gasteiger partial charge on any atom is -0.480 e. The lowest BCUT2D eigenvalue weighted by Crippen LogP contribution is -2.43. The number of carboxylic acids is 1. The Morgan fingerprint density at radius 1 is 1.45 bits per heavy atom. The van der Waals surface area contributed by atoms with Crippen LogP contribution >= 0.6 is 11.6 Å². The lowest BCUT2D eigenvalue weighted by Gasteiger charge is -2.17. The number of carbonyl (C=O) groups is 2. The number of halogens is 1. The van der Waals surface area contributed by atoms with Crippen molar-refractivity contribution in [1.82, 2.24) is 5.32 Å². The number of alkyl carbamates (subject to hydrolysis) is 1. The van der Waals surface area contributed by atoms with Crippen molar-refractivity contribution < 1.29 is 24.3 Å². The maximum atomic E-state index is 11.7. The number of ether oxygens (including phenoxy) is 1. The van der Waals surface area contributed by atoms with E-state index < -0.39 is 24.2 Å². The summed E-state index contributed by atoms with van der Waals surface area (Å²) in [6.07, 6.45) is -0.897. The molecule has 0 unspecified atom stereocenters. The molecule has 1 aliphatic rings. The number of benzene rings is 1. The van der Waals surface area contributed by atoms with Crippen LogP contribution in [0.5, 0.6) is 0 Å². The molecule has 1 aliphatic heterocycles. The minimum atomic E-state index is -1.18. The average molecular weight is 327 g/mol. The van der Waals surface area contributed by atoms with E-state index in [1.54, 1.807) is 12.1 Å². The molecule has 0 fully saturated rings. The first-order valence-corrected chi connectivity index (χ1v) is 7.00. The maximum absolute atomic E-state index is 11.7. The standard InChI is InChI=1S/C14H15ClN2O5/c15-12-7-10(22-17-12)6-11(13(18)19)16-14(20)21-8-9-4-2-1-3-5-9/h1-5,10-11H,6-8H2,(H,16,20)(H,18,19)/t10-,11+/m0/s1. The lowest BCUT2D eigenvalue weighted by molar-refractivity contribution is -0.140. The van der Waals surface area contributed by atoms with Gasteiger partial charge in [-0.05, 0) is 5.56 Å². The van der Waals surface area contributed by atoms with E-state index in [4.69, 9.17) is 26.3 Å². The number of amides is 1. The second-order valence-electron chi connectivity index (χ2n) is 4.73. The molecule has 0 saturated carbocycles. The average Bonchev–Trinajstić information content (AvgIpc) is 2.91. The van der Waals surface area contributed by atoms with Gasteiger partial charge in [0.15, 0.2) is 0 Å². The van der Waals surface area contributed by atoms with Gasteiger partial charge in [-0.25, -0.2) is 9.59 Å². The van der Waals surface area contributed by atoms with Crippen molar-refractivity contribution in [2.24, 2.45) is 5.16 Å². The zero-order valence-electron chi connectivity index (χ0n) is 11.6. The molecule has 1 heterocycles. The molecule has 7 nitrogen and oxygen atoms in total. The third kappa shape index (κ3) is 4.92. The van der Waals surface area contributed by atoms with E-state index in [9.17, 15) is 9.59 Å². The second-order valence-corrected chi connectivity index (χ2v) is 5.17. The van der Waals surface area contributed by atoms with Crippen LogP contribution in [0.25, 0.3) is 0 Å². The van der Waals surface area contributed by atoms with Crippen LogP contribution in [0.2, 0.25) is 0 Å². The smallest absolute Gasteiger partial charge is 0.408 e. The zero-order valence-corrected chi connectivity index (χ0v) is 12.3. The number of oxime groups is 1. The molecule has 2 N–H and O–H groups in total. The first-order chi connectivity index (χ1) is 10.5. The summed E-state index contributed by atoms with van der Waals surface area (Å²) in [7, 11) is 0. The fourth-order valence-corrected chi connectivity index (χ4v) is 2.12. The number of nitrogens with zero attached hydrogens (tertiary/aromatic N) is 1. The first kappa shape index (κ1) is 16.1. The molecule has 2 atom stereocenters. The summed E-state index contributed by atoms with van der Waals surface area (Å²) in [4.78, 5) is 27.8. The molecular weight excluding hydrogens is 312 g/mol. The van der Waals surface area contributed by atoms with Gasteiger partial charge in [0.05, 0.1) is 0 Å². The van der Waals surface area contributed by atoms with Gasteiger partial charge >= 0.3 is 12.1 Å². The van der Waals surface area contributed by atoms with Crippen LogP contribution < -0.4 is 5.32 Å². The number of hydrogen-bond acceptors (Lipinski definition) is 5. The Kier molecular flexibility index (Phi) is 5.60. The van der Waals surface area contributed by atoms with E-state index in [2.05, 4.69) is 10.5 Å². The highest BCUT2D eigenvalue weighted by atomic mass is 35.5. The lowest BCUT2D eigenvalue weighted by atomic mass is 10.1. The van der Waals surface area contributed by atoms with Crippen LogP contribution in [0.1, 0.15) is 18.4 Å². The number of aliphatic carboxylic acids is 1. The summed E-state index contributed by atoms with van der Waals surface area (Å²) < 4.78 is 4.99. The van der Waals surface area contributed by atoms with Gasteiger partial charge in [0, 0.05) is 12.8 Å². The predicted octanol–water partition coefficient (Wildman–Crippen LogP) is 2.10. The van der Waals surface area contributed by atoms with Crippen LogP contribution in [0.4, 0.5) is 4.79 Å². The molecule has 118 valence electrons. The highest BCUT2D eigenvalue weighted by molar-refractivity contribution is 6.65. The molecule has 8 heteroatoms. The van der Waals surface area contributed by atoms with Crippen molar-refractivity contribution in [2.75, 3.05) is 0 Å². The Bertz CT molecular complexity index is 564. The van der Waals surface area contributed by atoms with Crippen molar-refractivity contribution in [3.63, 3.8) is 0 Å². The largest absolute Gasteiger partial charge is 0.480 e. The quantitative estimate of drug-likeness (QED) is 0.834. The Hall–Kier alpha value is -2.28. The number of carboxylic acid groups (broad SMARTS) is 1. The van der Waals surface area contributed by atoms with Gasteiger partial charge in [0.25, 0.3) is 0 Å². The molecular formula is C14H15ClN2O5. The van der Waals surface area contributed by atoms with Gasteiger partial charge in [-0.3, -0.25) is 0 Å². The van der Waals surface area contributed by atoms with Gasteiger partial charge in [0.1, 0.15) is 23.9 Å². The topological polar surface area (TPSA) is 97.2 Å². The Morgan fingerprint density at radius 3 is 2.77 bits per heavy atom. The van der Waals surface area contributed by atoms with Crippen LogP contribution in [0.3, 0.4) is 0 Å². The summed E-state index contributed by atoms with van der Waals surface area (Å²) in [6.45, 7) is 0.0634. The normalized spacial score (nSPS) is 18.0. The Balaban J connectivity index is 1.80. The first-order valence-electron chi connectivity index (χ1n) is 6.63. The van der Waals surface area contributed by atoms with Crippen LogP contribution in [-0.2, 0) is 21.0 Å². The molecule has 0 bridgehead atoms. The SMILES string of the molecule is O=C(N[C@H](C[C@H]1CC(Cl)=NO1)C(=O)O)OCc1ccccc1. The Morgan fingerprint density at radius 2 is 2.18 bits per heavy atom. The molecule has 0 spiro atoms. The van der Waals surface area contributed by atoms with E-state index in [1.807, 2.05) is 18.2 Å². The summed E-state index contributed by atoms with van der Waals surface area (Å²) in [5.74, 6) is -1.18. The minimum absolute atomic E-state index is 0.0511. The van der Waals surface area contributed by atoms with Gasteiger partial charge < -0.3 is 20.0 Å². The number of nitrogens with one attached hydrogen (secondary N) is 1. The molecule has 0 saturated heterocycles. The second kappa shape index (κ2) is 7.65. The third-order valence-corrected chi connectivity index (χ3v) is 3.22. The van der Waals surface area contributed by atoms with Gasteiger partial charge in [-0.2, -0.15) is 0 Å². The molecule has 0 radical (unpaired) electrons. The zero-order chi connectivity index (χ0) is 15.9. The maximum Gasteiger partial charge on any atom is 0.408 e. The molecule has 22 heavy (non-hydrogen) atoms. The van der Waals surface area contributed by atoms with Crippen molar-refractivity contribution in [3.05, 3.63) is 35.9 Å². The molecule has 1 aromatic rings. The van der Waals surface area contributed by atoms with E-state index in [-0.39, 0.29) is 18.2 Å². The third-order valence-electron chi connectivity index (χ3n) is 3.00. The van der Waals surface area contributed by atoms with Crippen molar-refractivity contribution in [3.8, 4) is 0 Å². The van der Waals surface area contributed by atoms with E-state index in [0.717, 1.165) is 5.56 Å². The molecule has 1 amide bonds. The van der Waals surface area contributed by atoms with Gasteiger partial charge in [-0.1, -0.05) is 47.1 Å². The van der Waals surface area contributed by atoms with Gasteiger partial charge in [0.2, 0.25) is 0 Å². The molecule has 0 aliphatic carbocycles. The summed E-state index contributed by atoms with van der Waals surface area (Å²) >= 11 is 5.66.